The van der Waals surface area contributed by atoms with Crippen molar-refractivity contribution in [3.63, 3.8) is 0 Å². The number of piperidine rings is 1. The van der Waals surface area contributed by atoms with Gasteiger partial charge in [-0.25, -0.2) is 0 Å². The molecule has 0 amide bonds. The van der Waals surface area contributed by atoms with E-state index in [0.717, 1.165) is 38.0 Å². The predicted octanol–water partition coefficient (Wildman–Crippen LogP) is 2.08. The van der Waals surface area contributed by atoms with Crippen LogP contribution in [-0.4, -0.2) is 34.2 Å². The zero-order valence-corrected chi connectivity index (χ0v) is 10.4. The fourth-order valence-electron chi connectivity index (χ4n) is 2.48. The highest BCUT2D eigenvalue weighted by Gasteiger charge is 2.21. The minimum Gasteiger partial charge on any atom is -0.508 e. The van der Waals surface area contributed by atoms with Crippen LogP contribution >= 0.6 is 0 Å². The normalized spacial score (nSPS) is 17.8. The molecule has 0 bridgehead atoms. The first-order valence-corrected chi connectivity index (χ1v) is 6.36. The number of rotatable bonds is 4. The summed E-state index contributed by atoms with van der Waals surface area (Å²) >= 11 is 0. The van der Waals surface area contributed by atoms with Crippen molar-refractivity contribution in [2.24, 2.45) is 5.92 Å². The number of carboxylic acids is 1. The van der Waals surface area contributed by atoms with E-state index in [1.54, 1.807) is 6.07 Å². The lowest BCUT2D eigenvalue weighted by Gasteiger charge is -2.31. The minimum absolute atomic E-state index is 0.282. The molecule has 1 heterocycles. The molecule has 2 N–H and O–H groups in total. The van der Waals surface area contributed by atoms with Gasteiger partial charge >= 0.3 is 5.97 Å². The van der Waals surface area contributed by atoms with Gasteiger partial charge in [0, 0.05) is 18.5 Å². The highest BCUT2D eigenvalue weighted by atomic mass is 16.4. The number of phenols is 1. The predicted molar refractivity (Wildman–Crippen MR) is 68.4 cm³/mol. The Morgan fingerprint density at radius 2 is 1.94 bits per heavy atom. The molecular weight excluding hydrogens is 230 g/mol. The first-order chi connectivity index (χ1) is 8.65. The second-order valence-electron chi connectivity index (χ2n) is 4.95. The number of aromatic hydroxyl groups is 1. The molecule has 4 nitrogen and oxygen atoms in total. The minimum atomic E-state index is -0.700. The van der Waals surface area contributed by atoms with E-state index >= 15 is 0 Å². The molecule has 1 aliphatic heterocycles. The van der Waals surface area contributed by atoms with Crippen LogP contribution < -0.4 is 0 Å². The van der Waals surface area contributed by atoms with Gasteiger partial charge in [-0.1, -0.05) is 18.2 Å². The van der Waals surface area contributed by atoms with Gasteiger partial charge in [0.15, 0.2) is 0 Å². The number of likely N-dealkylation sites (tertiary alicyclic amines) is 1. The molecule has 0 atom stereocenters. The maximum absolute atomic E-state index is 10.6. The summed E-state index contributed by atoms with van der Waals surface area (Å²) < 4.78 is 0. The largest absolute Gasteiger partial charge is 0.508 e. The van der Waals surface area contributed by atoms with Crippen LogP contribution in [-0.2, 0) is 11.3 Å². The van der Waals surface area contributed by atoms with E-state index in [1.165, 1.54) is 0 Å². The van der Waals surface area contributed by atoms with E-state index in [1.807, 2.05) is 18.2 Å². The highest BCUT2D eigenvalue weighted by molar-refractivity contribution is 5.67. The second kappa shape index (κ2) is 5.87. The Hall–Kier alpha value is -1.55. The van der Waals surface area contributed by atoms with Gasteiger partial charge in [-0.2, -0.15) is 0 Å². The molecule has 1 fully saturated rings. The summed E-state index contributed by atoms with van der Waals surface area (Å²) in [4.78, 5) is 12.9. The molecule has 1 aromatic rings. The second-order valence-corrected chi connectivity index (χ2v) is 4.95. The van der Waals surface area contributed by atoms with E-state index in [9.17, 15) is 9.90 Å². The quantitative estimate of drug-likeness (QED) is 0.857. The molecule has 1 aromatic carbocycles. The Kier molecular flexibility index (Phi) is 4.20. The molecule has 2 rings (SSSR count). The Morgan fingerprint density at radius 1 is 1.28 bits per heavy atom. The number of carbonyl (C=O) groups is 1. The van der Waals surface area contributed by atoms with Crippen molar-refractivity contribution in [3.05, 3.63) is 29.8 Å². The van der Waals surface area contributed by atoms with Gasteiger partial charge < -0.3 is 10.2 Å². The molecule has 0 spiro atoms. The summed E-state index contributed by atoms with van der Waals surface area (Å²) in [5.41, 5.74) is 0.939. The number of aliphatic carboxylic acids is 1. The van der Waals surface area contributed by atoms with Crippen LogP contribution in [0.2, 0.25) is 0 Å². The molecule has 0 unspecified atom stereocenters. The Morgan fingerprint density at radius 3 is 2.56 bits per heavy atom. The van der Waals surface area contributed by atoms with E-state index in [4.69, 9.17) is 5.11 Å². The summed E-state index contributed by atoms with van der Waals surface area (Å²) in [6.07, 6.45) is 2.14. The molecule has 1 aliphatic rings. The Labute approximate surface area is 107 Å². The van der Waals surface area contributed by atoms with Crippen molar-refractivity contribution in [2.45, 2.75) is 25.8 Å². The maximum atomic E-state index is 10.6. The molecule has 0 radical (unpaired) electrons. The van der Waals surface area contributed by atoms with E-state index in [0.29, 0.717) is 11.7 Å². The van der Waals surface area contributed by atoms with Gasteiger partial charge in [-0.3, -0.25) is 9.69 Å². The van der Waals surface area contributed by atoms with Gasteiger partial charge in [-0.05, 0) is 37.9 Å². The average Bonchev–Trinajstić information content (AvgIpc) is 2.34. The molecular formula is C14H19NO3. The number of hydrogen-bond acceptors (Lipinski definition) is 3. The monoisotopic (exact) mass is 249 g/mol. The van der Waals surface area contributed by atoms with Crippen molar-refractivity contribution in [1.82, 2.24) is 4.90 Å². The molecule has 0 aliphatic carbocycles. The number of hydrogen-bond donors (Lipinski definition) is 2. The van der Waals surface area contributed by atoms with Gasteiger partial charge in [0.05, 0.1) is 0 Å². The smallest absolute Gasteiger partial charge is 0.303 e. The van der Waals surface area contributed by atoms with Gasteiger partial charge in [0.25, 0.3) is 0 Å². The summed E-state index contributed by atoms with van der Waals surface area (Å²) in [6.45, 7) is 2.56. The summed E-state index contributed by atoms with van der Waals surface area (Å²) in [5, 5.41) is 18.5. The first kappa shape index (κ1) is 12.9. The summed E-state index contributed by atoms with van der Waals surface area (Å²) in [5.74, 6) is -0.0533. The molecule has 0 aromatic heterocycles. The summed E-state index contributed by atoms with van der Waals surface area (Å²) in [6, 6.07) is 7.37. The summed E-state index contributed by atoms with van der Waals surface area (Å²) in [7, 11) is 0. The molecule has 0 saturated carbocycles. The lowest BCUT2D eigenvalue weighted by atomic mass is 9.93. The van der Waals surface area contributed by atoms with Crippen molar-refractivity contribution in [1.29, 1.82) is 0 Å². The zero-order valence-electron chi connectivity index (χ0n) is 10.4. The average molecular weight is 249 g/mol. The molecule has 1 saturated heterocycles. The number of nitrogens with zero attached hydrogens (tertiary/aromatic N) is 1. The number of carboxylic acid groups (broad SMARTS) is 1. The fraction of sp³-hybridized carbons (Fsp3) is 0.500. The number of para-hydroxylation sites is 1. The van der Waals surface area contributed by atoms with Gasteiger partial charge in [0.2, 0.25) is 0 Å². The molecule has 98 valence electrons. The van der Waals surface area contributed by atoms with E-state index in [2.05, 4.69) is 4.90 Å². The van der Waals surface area contributed by atoms with Crippen LogP contribution in [0.25, 0.3) is 0 Å². The topological polar surface area (TPSA) is 60.8 Å². The maximum Gasteiger partial charge on any atom is 0.303 e. The SMILES string of the molecule is O=C(O)CC1CCN(Cc2ccccc2O)CC1. The Balaban J connectivity index is 1.84. The van der Waals surface area contributed by atoms with Crippen LogP contribution in [0.4, 0.5) is 0 Å². The van der Waals surface area contributed by atoms with Crippen LogP contribution in [0.3, 0.4) is 0 Å². The van der Waals surface area contributed by atoms with Gasteiger partial charge in [-0.15, -0.1) is 0 Å². The fourth-order valence-corrected chi connectivity index (χ4v) is 2.48. The molecule has 18 heavy (non-hydrogen) atoms. The van der Waals surface area contributed by atoms with Crippen molar-refractivity contribution in [2.75, 3.05) is 13.1 Å². The molecule has 4 heteroatoms. The van der Waals surface area contributed by atoms with Crippen molar-refractivity contribution < 1.29 is 15.0 Å². The first-order valence-electron chi connectivity index (χ1n) is 6.36. The third-order valence-corrected chi connectivity index (χ3v) is 3.56. The van der Waals surface area contributed by atoms with Crippen LogP contribution in [0.1, 0.15) is 24.8 Å². The Bertz CT molecular complexity index is 411. The standard InChI is InChI=1S/C14H19NO3/c16-13-4-2-1-3-12(13)10-15-7-5-11(6-8-15)9-14(17)18/h1-4,11,16H,5-10H2,(H,17,18). The third-order valence-electron chi connectivity index (χ3n) is 3.56. The van der Waals surface area contributed by atoms with E-state index in [-0.39, 0.29) is 6.42 Å². The number of phenolic OH excluding ortho intramolecular Hbond substituents is 1. The zero-order chi connectivity index (χ0) is 13.0. The third kappa shape index (κ3) is 3.47. The van der Waals surface area contributed by atoms with Crippen molar-refractivity contribution in [3.8, 4) is 5.75 Å². The van der Waals surface area contributed by atoms with Crippen LogP contribution in [0, 0.1) is 5.92 Å². The highest BCUT2D eigenvalue weighted by Crippen LogP contribution is 2.24. The lowest BCUT2D eigenvalue weighted by molar-refractivity contribution is -0.138. The van der Waals surface area contributed by atoms with Crippen LogP contribution in [0.5, 0.6) is 5.75 Å². The van der Waals surface area contributed by atoms with Crippen LogP contribution in [0.15, 0.2) is 24.3 Å². The lowest BCUT2D eigenvalue weighted by Crippen LogP contribution is -2.33. The van der Waals surface area contributed by atoms with E-state index < -0.39 is 5.97 Å². The number of benzene rings is 1. The van der Waals surface area contributed by atoms with Gasteiger partial charge in [0.1, 0.15) is 5.75 Å². The van der Waals surface area contributed by atoms with Crippen molar-refractivity contribution >= 4 is 5.97 Å².